The average Bonchev–Trinajstić information content (AvgIpc) is 2.83. The average molecular weight is 532 g/mol. The van der Waals surface area contributed by atoms with E-state index in [1.54, 1.807) is 50.8 Å². The maximum atomic E-state index is 14.2. The van der Waals surface area contributed by atoms with Crippen LogP contribution in [0.25, 0.3) is 0 Å². The lowest BCUT2D eigenvalue weighted by atomic mass is 9.93. The number of nitrogens with one attached hydrogen (secondary N) is 2. The molecular weight excluding hydrogens is 482 g/mol. The first-order valence-electron chi connectivity index (χ1n) is 14.2. The Kier molecular flexibility index (Phi) is 11.9. The van der Waals surface area contributed by atoms with Crippen molar-refractivity contribution in [3.8, 4) is 5.75 Å². The number of alkyl carbamates (subject to hydrolysis) is 1. The van der Waals surface area contributed by atoms with Gasteiger partial charge in [-0.3, -0.25) is 9.59 Å². The minimum absolute atomic E-state index is 0.00536. The first-order valence-corrected chi connectivity index (χ1v) is 14.2. The van der Waals surface area contributed by atoms with Crippen molar-refractivity contribution in [3.63, 3.8) is 0 Å². The molecule has 1 aliphatic carbocycles. The molecule has 1 aromatic rings. The molecule has 2 atom stereocenters. The molecule has 3 amide bonds. The molecule has 0 heterocycles. The number of phenolic OH excluding ortho intramolecular Hbond substituents is 1. The fraction of sp³-hybridized carbons (Fsp3) is 0.700. The van der Waals surface area contributed by atoms with Crippen molar-refractivity contribution in [1.29, 1.82) is 0 Å². The van der Waals surface area contributed by atoms with Gasteiger partial charge in [0.2, 0.25) is 11.8 Å². The molecule has 0 saturated heterocycles. The predicted molar refractivity (Wildman–Crippen MR) is 150 cm³/mol. The van der Waals surface area contributed by atoms with Gasteiger partial charge in [-0.05, 0) is 58.4 Å². The fourth-order valence-corrected chi connectivity index (χ4v) is 4.91. The van der Waals surface area contributed by atoms with E-state index >= 15 is 0 Å². The van der Waals surface area contributed by atoms with Crippen LogP contribution in [0.1, 0.15) is 110 Å². The van der Waals surface area contributed by atoms with Gasteiger partial charge in [0.1, 0.15) is 23.4 Å². The lowest BCUT2D eigenvalue weighted by Crippen LogP contribution is -2.55. The van der Waals surface area contributed by atoms with Crippen molar-refractivity contribution in [3.05, 3.63) is 29.3 Å². The van der Waals surface area contributed by atoms with E-state index in [4.69, 9.17) is 4.74 Å². The lowest BCUT2D eigenvalue weighted by Gasteiger charge is -2.37. The van der Waals surface area contributed by atoms with E-state index in [2.05, 4.69) is 17.6 Å². The molecule has 1 aromatic carbocycles. The Morgan fingerprint density at radius 3 is 2.34 bits per heavy atom. The number of aryl methyl sites for hydroxylation is 1. The number of para-hydroxylation sites is 1. The monoisotopic (exact) mass is 531 g/mol. The molecule has 0 aliphatic heterocycles. The summed E-state index contributed by atoms with van der Waals surface area (Å²) >= 11 is 0. The number of aromatic hydroxyl groups is 1. The molecule has 2 unspecified atom stereocenters. The summed E-state index contributed by atoms with van der Waals surface area (Å²) in [5.74, 6) is -0.920. The summed E-state index contributed by atoms with van der Waals surface area (Å²) < 4.78 is 5.43. The lowest BCUT2D eigenvalue weighted by molar-refractivity contribution is -0.143. The minimum atomic E-state index is -1.03. The molecule has 0 bridgehead atoms. The van der Waals surface area contributed by atoms with Crippen molar-refractivity contribution in [2.45, 2.75) is 124 Å². The third-order valence-corrected chi connectivity index (χ3v) is 6.97. The second-order valence-electron chi connectivity index (χ2n) is 11.9. The number of unbranched alkanes of at least 4 members (excludes halogenated alkanes) is 2. The Bertz CT molecular complexity index is 934. The minimum Gasteiger partial charge on any atom is -0.507 e. The number of hydrogen-bond acceptors (Lipinski definition) is 5. The smallest absolute Gasteiger partial charge is 0.408 e. The Morgan fingerprint density at radius 1 is 1.11 bits per heavy atom. The standard InChI is InChI=1S/C30H49N3O5/c1-8-9-13-19-33(28(36)24(20(2)3)32-29(37)38-30(5,6)7)25(23-18-14-15-21(4)26(23)34)27(35)31-22-16-11-10-12-17-22/h14-15,18,20,22,24-25,34H,8-13,16-17,19H2,1-7H3,(H,31,35)(H,32,37). The van der Waals surface area contributed by atoms with Gasteiger partial charge in [-0.25, -0.2) is 4.79 Å². The van der Waals surface area contributed by atoms with Gasteiger partial charge in [-0.2, -0.15) is 0 Å². The maximum Gasteiger partial charge on any atom is 0.408 e. The first-order chi connectivity index (χ1) is 17.9. The Labute approximate surface area is 228 Å². The molecule has 214 valence electrons. The second-order valence-corrected chi connectivity index (χ2v) is 11.9. The third-order valence-electron chi connectivity index (χ3n) is 6.97. The number of ether oxygens (including phenoxy) is 1. The van der Waals surface area contributed by atoms with Gasteiger partial charge in [-0.15, -0.1) is 0 Å². The molecule has 8 heteroatoms. The maximum absolute atomic E-state index is 14.2. The van der Waals surface area contributed by atoms with Crippen LogP contribution < -0.4 is 10.6 Å². The molecule has 3 N–H and O–H groups in total. The molecule has 1 aliphatic rings. The highest BCUT2D eigenvalue weighted by Gasteiger charge is 2.39. The molecule has 8 nitrogen and oxygen atoms in total. The van der Waals surface area contributed by atoms with E-state index in [9.17, 15) is 19.5 Å². The van der Waals surface area contributed by atoms with Gasteiger partial charge in [0, 0.05) is 18.2 Å². The summed E-state index contributed by atoms with van der Waals surface area (Å²) in [6.45, 7) is 13.2. The molecule has 2 rings (SSSR count). The normalized spacial score (nSPS) is 16.0. The molecule has 38 heavy (non-hydrogen) atoms. The van der Waals surface area contributed by atoms with Crippen LogP contribution in [0, 0.1) is 12.8 Å². The number of nitrogens with zero attached hydrogens (tertiary/aromatic N) is 1. The number of carbonyl (C=O) groups excluding carboxylic acids is 3. The van der Waals surface area contributed by atoms with Crippen molar-refractivity contribution >= 4 is 17.9 Å². The summed E-state index contributed by atoms with van der Waals surface area (Å²) in [6, 6.07) is 3.39. The number of rotatable bonds is 11. The van der Waals surface area contributed by atoms with E-state index in [-0.39, 0.29) is 29.5 Å². The van der Waals surface area contributed by atoms with Crippen molar-refractivity contribution in [2.75, 3.05) is 6.54 Å². The number of hydrogen-bond donors (Lipinski definition) is 3. The fourth-order valence-electron chi connectivity index (χ4n) is 4.91. The largest absolute Gasteiger partial charge is 0.507 e. The molecule has 1 saturated carbocycles. The summed E-state index contributed by atoms with van der Waals surface area (Å²) in [7, 11) is 0. The van der Waals surface area contributed by atoms with E-state index in [1.165, 1.54) is 0 Å². The summed E-state index contributed by atoms with van der Waals surface area (Å²) in [5, 5.41) is 17.0. The highest BCUT2D eigenvalue weighted by atomic mass is 16.6. The third kappa shape index (κ3) is 9.21. The van der Waals surface area contributed by atoms with E-state index in [0.717, 1.165) is 44.9 Å². The number of amides is 3. The van der Waals surface area contributed by atoms with Crippen molar-refractivity contribution in [2.24, 2.45) is 5.92 Å². The van der Waals surface area contributed by atoms with Gasteiger partial charge in [0.05, 0.1) is 0 Å². The first kappa shape index (κ1) is 31.4. The predicted octanol–water partition coefficient (Wildman–Crippen LogP) is 5.76. The highest BCUT2D eigenvalue weighted by Crippen LogP contribution is 2.33. The van der Waals surface area contributed by atoms with E-state index < -0.39 is 23.8 Å². The summed E-state index contributed by atoms with van der Waals surface area (Å²) in [6.07, 6.45) is 6.90. The molecule has 0 spiro atoms. The SMILES string of the molecule is CCCCCN(C(=O)C(NC(=O)OC(C)(C)C)C(C)C)C(C(=O)NC1CCCCC1)c1cccc(C)c1O. The summed E-state index contributed by atoms with van der Waals surface area (Å²) in [4.78, 5) is 42.3. The van der Waals surface area contributed by atoms with Crippen LogP contribution in [0.5, 0.6) is 5.75 Å². The molecule has 0 radical (unpaired) electrons. The van der Waals surface area contributed by atoms with Gasteiger partial charge >= 0.3 is 6.09 Å². The highest BCUT2D eigenvalue weighted by molar-refractivity contribution is 5.92. The second kappa shape index (κ2) is 14.4. The summed E-state index contributed by atoms with van der Waals surface area (Å²) in [5.41, 5.74) is 0.305. The van der Waals surface area contributed by atoms with Gasteiger partial charge in [0.25, 0.3) is 0 Å². The van der Waals surface area contributed by atoms with Crippen LogP contribution in [0.4, 0.5) is 4.79 Å². The van der Waals surface area contributed by atoms with Gasteiger partial charge < -0.3 is 25.4 Å². The zero-order chi connectivity index (χ0) is 28.5. The molecule has 0 aromatic heterocycles. The van der Waals surface area contributed by atoms with E-state index in [0.29, 0.717) is 24.1 Å². The van der Waals surface area contributed by atoms with Gasteiger partial charge in [0.15, 0.2) is 0 Å². The Morgan fingerprint density at radius 2 is 1.76 bits per heavy atom. The van der Waals surface area contributed by atoms with Gasteiger partial charge in [-0.1, -0.05) is 71.1 Å². The zero-order valence-corrected chi connectivity index (χ0v) is 24.4. The topological polar surface area (TPSA) is 108 Å². The number of benzene rings is 1. The quantitative estimate of drug-likeness (QED) is 0.315. The van der Waals surface area contributed by atoms with Crippen LogP contribution in [0.3, 0.4) is 0 Å². The van der Waals surface area contributed by atoms with E-state index in [1.807, 2.05) is 13.8 Å². The Balaban J connectivity index is 2.50. The number of carbonyl (C=O) groups is 3. The number of phenols is 1. The van der Waals surface area contributed by atoms with Crippen molar-refractivity contribution in [1.82, 2.24) is 15.5 Å². The van der Waals surface area contributed by atoms with Crippen LogP contribution in [-0.2, 0) is 14.3 Å². The van der Waals surface area contributed by atoms with Crippen molar-refractivity contribution < 1.29 is 24.2 Å². The zero-order valence-electron chi connectivity index (χ0n) is 24.4. The van der Waals surface area contributed by atoms with Crippen LogP contribution in [0.2, 0.25) is 0 Å². The van der Waals surface area contributed by atoms with Crippen LogP contribution in [0.15, 0.2) is 18.2 Å². The van der Waals surface area contributed by atoms with Crippen LogP contribution in [-0.4, -0.2) is 52.1 Å². The molecular formula is C30H49N3O5. The Hall–Kier alpha value is -2.77. The van der Waals surface area contributed by atoms with Crippen LogP contribution >= 0.6 is 0 Å². The molecule has 1 fully saturated rings.